The number of aryl methyl sites for hydroxylation is 1. The van der Waals surface area contributed by atoms with Crippen LogP contribution in [0.25, 0.3) is 0 Å². The molecule has 15 heavy (non-hydrogen) atoms. The molecule has 0 saturated carbocycles. The van der Waals surface area contributed by atoms with E-state index < -0.39 is 0 Å². The number of hydrogen-bond donors (Lipinski definition) is 1. The van der Waals surface area contributed by atoms with Gasteiger partial charge in [-0.05, 0) is 24.5 Å². The molecule has 3 heteroatoms. The van der Waals surface area contributed by atoms with Gasteiger partial charge in [0.2, 0.25) is 0 Å². The Labute approximate surface area is 90.2 Å². The zero-order chi connectivity index (χ0) is 11.4. The van der Waals surface area contributed by atoms with Crippen LogP contribution in [0.15, 0.2) is 18.2 Å². The van der Waals surface area contributed by atoms with Crippen LogP contribution < -0.4 is 10.5 Å². The van der Waals surface area contributed by atoms with Crippen molar-refractivity contribution in [2.75, 3.05) is 6.61 Å². The minimum Gasteiger partial charge on any atom is -0.492 e. The van der Waals surface area contributed by atoms with Gasteiger partial charge in [-0.3, -0.25) is 0 Å². The van der Waals surface area contributed by atoms with Gasteiger partial charge >= 0.3 is 0 Å². The Morgan fingerprint density at radius 3 is 2.67 bits per heavy atom. The molecular weight excluding hydrogens is 193 g/mol. The summed E-state index contributed by atoms with van der Waals surface area (Å²) in [5, 5.41) is 0. The number of hydrogen-bond acceptors (Lipinski definition) is 2. The Bertz CT molecular complexity index is 325. The molecule has 0 saturated heterocycles. The predicted molar refractivity (Wildman–Crippen MR) is 59.4 cm³/mol. The summed E-state index contributed by atoms with van der Waals surface area (Å²) in [5.41, 5.74) is 6.76. The van der Waals surface area contributed by atoms with Crippen molar-refractivity contribution in [2.45, 2.75) is 26.8 Å². The highest BCUT2D eigenvalue weighted by molar-refractivity contribution is 5.32. The van der Waals surface area contributed by atoms with Crippen LogP contribution in [0.4, 0.5) is 4.39 Å². The third-order valence-electron chi connectivity index (χ3n) is 2.44. The summed E-state index contributed by atoms with van der Waals surface area (Å²) in [4.78, 5) is 0. The van der Waals surface area contributed by atoms with E-state index in [9.17, 15) is 4.39 Å². The fraction of sp³-hybridized carbons (Fsp3) is 0.500. The lowest BCUT2D eigenvalue weighted by atomic mass is 10.1. The molecule has 1 rings (SSSR count). The monoisotopic (exact) mass is 211 g/mol. The normalized spacial score (nSPS) is 12.9. The van der Waals surface area contributed by atoms with Gasteiger partial charge in [0, 0.05) is 12.1 Å². The van der Waals surface area contributed by atoms with Crippen LogP contribution in [0, 0.1) is 18.7 Å². The Morgan fingerprint density at radius 2 is 2.07 bits per heavy atom. The molecular formula is C12H18FNO. The average Bonchev–Trinajstić information content (AvgIpc) is 2.18. The molecule has 2 N–H and O–H groups in total. The molecule has 1 aromatic carbocycles. The topological polar surface area (TPSA) is 35.2 Å². The molecule has 0 heterocycles. The molecule has 0 amide bonds. The summed E-state index contributed by atoms with van der Waals surface area (Å²) < 4.78 is 18.4. The van der Waals surface area contributed by atoms with Crippen molar-refractivity contribution in [2.24, 2.45) is 11.7 Å². The number of rotatable bonds is 4. The van der Waals surface area contributed by atoms with E-state index in [0.717, 1.165) is 5.56 Å². The number of benzene rings is 1. The minimum absolute atomic E-state index is 0.0207. The molecule has 1 atom stereocenters. The van der Waals surface area contributed by atoms with Gasteiger partial charge in [-0.25, -0.2) is 4.39 Å². The maximum atomic E-state index is 12.9. The summed E-state index contributed by atoms with van der Waals surface area (Å²) in [6, 6.07) is 4.49. The molecule has 2 nitrogen and oxygen atoms in total. The van der Waals surface area contributed by atoms with Crippen molar-refractivity contribution in [3.63, 3.8) is 0 Å². The van der Waals surface area contributed by atoms with E-state index in [1.54, 1.807) is 6.07 Å². The maximum Gasteiger partial charge on any atom is 0.126 e. The molecule has 0 bridgehead atoms. The maximum absolute atomic E-state index is 12.9. The molecule has 0 spiro atoms. The minimum atomic E-state index is -0.284. The fourth-order valence-corrected chi connectivity index (χ4v) is 1.11. The first-order chi connectivity index (χ1) is 7.00. The summed E-state index contributed by atoms with van der Waals surface area (Å²) in [7, 11) is 0. The summed E-state index contributed by atoms with van der Waals surface area (Å²) in [5.74, 6) is 0.652. The van der Waals surface area contributed by atoms with E-state index in [4.69, 9.17) is 10.5 Å². The molecule has 1 unspecified atom stereocenters. The second kappa shape index (κ2) is 5.12. The Kier molecular flexibility index (Phi) is 4.09. The van der Waals surface area contributed by atoms with E-state index in [1.165, 1.54) is 12.1 Å². The second-order valence-corrected chi connectivity index (χ2v) is 4.13. The van der Waals surface area contributed by atoms with E-state index in [-0.39, 0.29) is 11.9 Å². The van der Waals surface area contributed by atoms with E-state index in [0.29, 0.717) is 18.3 Å². The molecule has 0 aliphatic carbocycles. The summed E-state index contributed by atoms with van der Waals surface area (Å²) in [6.07, 6.45) is 0. The number of nitrogens with two attached hydrogens (primary N) is 1. The Morgan fingerprint density at radius 1 is 1.40 bits per heavy atom. The standard InChI is InChI=1S/C12H18FNO/c1-8(2)11(14)7-15-12-6-10(13)5-4-9(12)3/h4-6,8,11H,7,14H2,1-3H3. The SMILES string of the molecule is Cc1ccc(F)cc1OCC(N)C(C)C. The van der Waals surface area contributed by atoms with Crippen LogP contribution >= 0.6 is 0 Å². The highest BCUT2D eigenvalue weighted by Crippen LogP contribution is 2.19. The van der Waals surface area contributed by atoms with Gasteiger partial charge in [-0.1, -0.05) is 19.9 Å². The molecule has 1 aromatic rings. The smallest absolute Gasteiger partial charge is 0.126 e. The molecule has 0 aliphatic rings. The van der Waals surface area contributed by atoms with Gasteiger partial charge in [0.25, 0.3) is 0 Å². The van der Waals surface area contributed by atoms with Crippen molar-refractivity contribution in [1.29, 1.82) is 0 Å². The van der Waals surface area contributed by atoms with E-state index >= 15 is 0 Å². The van der Waals surface area contributed by atoms with Gasteiger partial charge in [-0.2, -0.15) is 0 Å². The van der Waals surface area contributed by atoms with Crippen LogP contribution in [0.3, 0.4) is 0 Å². The first-order valence-corrected chi connectivity index (χ1v) is 5.15. The summed E-state index contributed by atoms with van der Waals surface area (Å²) in [6.45, 7) is 6.37. The van der Waals surface area contributed by atoms with Gasteiger partial charge in [0.1, 0.15) is 18.2 Å². The van der Waals surface area contributed by atoms with Crippen molar-refractivity contribution in [3.8, 4) is 5.75 Å². The largest absolute Gasteiger partial charge is 0.492 e. The highest BCUT2D eigenvalue weighted by Gasteiger charge is 2.09. The van der Waals surface area contributed by atoms with Crippen molar-refractivity contribution in [3.05, 3.63) is 29.6 Å². The molecule has 0 aliphatic heterocycles. The van der Waals surface area contributed by atoms with Gasteiger partial charge in [0.15, 0.2) is 0 Å². The van der Waals surface area contributed by atoms with Crippen LogP contribution in [0.5, 0.6) is 5.75 Å². The van der Waals surface area contributed by atoms with E-state index in [1.807, 2.05) is 20.8 Å². The Hall–Kier alpha value is -1.09. The first-order valence-electron chi connectivity index (χ1n) is 5.15. The van der Waals surface area contributed by atoms with Gasteiger partial charge < -0.3 is 10.5 Å². The van der Waals surface area contributed by atoms with Crippen molar-refractivity contribution in [1.82, 2.24) is 0 Å². The van der Waals surface area contributed by atoms with Crippen LogP contribution in [-0.2, 0) is 0 Å². The lowest BCUT2D eigenvalue weighted by Crippen LogP contribution is -2.33. The number of halogens is 1. The highest BCUT2D eigenvalue weighted by atomic mass is 19.1. The lowest BCUT2D eigenvalue weighted by Gasteiger charge is -2.17. The average molecular weight is 211 g/mol. The van der Waals surface area contributed by atoms with Crippen molar-refractivity contribution >= 4 is 0 Å². The molecule has 84 valence electrons. The molecule has 0 radical (unpaired) electrons. The third kappa shape index (κ3) is 3.51. The zero-order valence-corrected chi connectivity index (χ0v) is 9.46. The van der Waals surface area contributed by atoms with Crippen LogP contribution in [-0.4, -0.2) is 12.6 Å². The summed E-state index contributed by atoms with van der Waals surface area (Å²) >= 11 is 0. The first kappa shape index (κ1) is 12.0. The Balaban J connectivity index is 2.61. The van der Waals surface area contributed by atoms with Crippen LogP contribution in [0.1, 0.15) is 19.4 Å². The lowest BCUT2D eigenvalue weighted by molar-refractivity contribution is 0.257. The third-order valence-corrected chi connectivity index (χ3v) is 2.44. The van der Waals surface area contributed by atoms with Crippen molar-refractivity contribution < 1.29 is 9.13 Å². The molecule has 0 fully saturated rings. The number of ether oxygens (including phenoxy) is 1. The fourth-order valence-electron chi connectivity index (χ4n) is 1.11. The van der Waals surface area contributed by atoms with Gasteiger partial charge in [-0.15, -0.1) is 0 Å². The van der Waals surface area contributed by atoms with Crippen LogP contribution in [0.2, 0.25) is 0 Å². The molecule has 0 aromatic heterocycles. The predicted octanol–water partition coefficient (Wildman–Crippen LogP) is 2.50. The quantitative estimate of drug-likeness (QED) is 0.830. The zero-order valence-electron chi connectivity index (χ0n) is 9.46. The van der Waals surface area contributed by atoms with Gasteiger partial charge in [0.05, 0.1) is 0 Å². The second-order valence-electron chi connectivity index (χ2n) is 4.13. The van der Waals surface area contributed by atoms with E-state index in [2.05, 4.69) is 0 Å².